The highest BCUT2D eigenvalue weighted by atomic mass is 16.5. The van der Waals surface area contributed by atoms with Crippen molar-refractivity contribution in [1.29, 1.82) is 0 Å². The Labute approximate surface area is 125 Å². The molecule has 0 aliphatic heterocycles. The third kappa shape index (κ3) is 3.68. The smallest absolute Gasteiger partial charge is 0.376 e. The van der Waals surface area contributed by atoms with E-state index in [1.165, 1.54) is 5.56 Å². The average Bonchev–Trinajstić information content (AvgIpc) is 2.88. The molecule has 0 saturated heterocycles. The lowest BCUT2D eigenvalue weighted by Gasteiger charge is -2.16. The Bertz CT molecular complexity index is 593. The average molecular weight is 287 g/mol. The van der Waals surface area contributed by atoms with Crippen molar-refractivity contribution in [3.05, 3.63) is 47.5 Å². The van der Waals surface area contributed by atoms with Gasteiger partial charge >= 0.3 is 5.97 Å². The fourth-order valence-electron chi connectivity index (χ4n) is 2.38. The highest BCUT2D eigenvalue weighted by Crippen LogP contribution is 2.18. The van der Waals surface area contributed by atoms with Gasteiger partial charge in [0.05, 0.1) is 6.61 Å². The Morgan fingerprint density at radius 3 is 2.67 bits per heavy atom. The molecule has 0 N–H and O–H groups in total. The van der Waals surface area contributed by atoms with Gasteiger partial charge in [0.25, 0.3) is 0 Å². The number of aromatic nitrogens is 3. The van der Waals surface area contributed by atoms with E-state index in [2.05, 4.69) is 29.3 Å². The van der Waals surface area contributed by atoms with Crippen molar-refractivity contribution < 1.29 is 9.53 Å². The van der Waals surface area contributed by atoms with Gasteiger partial charge in [-0.05, 0) is 39.2 Å². The molecule has 1 atom stereocenters. The third-order valence-corrected chi connectivity index (χ3v) is 3.46. The van der Waals surface area contributed by atoms with Gasteiger partial charge in [-0.3, -0.25) is 0 Å². The molecule has 0 radical (unpaired) electrons. The molecular formula is C16H21N3O2. The molecule has 0 saturated carbocycles. The predicted molar refractivity (Wildman–Crippen MR) is 80.2 cm³/mol. The normalized spacial score (nSPS) is 12.1. The maximum absolute atomic E-state index is 11.9. The molecule has 5 heteroatoms. The molecule has 2 aromatic rings. The molecule has 1 aromatic carbocycles. The zero-order chi connectivity index (χ0) is 15.2. The lowest BCUT2D eigenvalue weighted by molar-refractivity contribution is 0.0503. The van der Waals surface area contributed by atoms with Gasteiger partial charge in [-0.15, -0.1) is 10.2 Å². The third-order valence-electron chi connectivity index (χ3n) is 3.46. The summed E-state index contributed by atoms with van der Waals surface area (Å²) < 4.78 is 6.89. The maximum atomic E-state index is 11.9. The van der Waals surface area contributed by atoms with Crippen LogP contribution in [0.3, 0.4) is 0 Å². The van der Waals surface area contributed by atoms with Crippen molar-refractivity contribution >= 4 is 5.97 Å². The fraction of sp³-hybridized carbons (Fsp3) is 0.438. The van der Waals surface area contributed by atoms with Gasteiger partial charge in [0, 0.05) is 6.04 Å². The molecule has 0 bridgehead atoms. The van der Waals surface area contributed by atoms with Crippen LogP contribution in [0.5, 0.6) is 0 Å². The van der Waals surface area contributed by atoms with Gasteiger partial charge in [-0.1, -0.05) is 30.3 Å². The molecule has 5 nitrogen and oxygen atoms in total. The van der Waals surface area contributed by atoms with Crippen molar-refractivity contribution in [2.24, 2.45) is 0 Å². The Hall–Kier alpha value is -2.17. The number of esters is 1. The van der Waals surface area contributed by atoms with Gasteiger partial charge in [-0.2, -0.15) is 0 Å². The van der Waals surface area contributed by atoms with Crippen molar-refractivity contribution in [2.45, 2.75) is 39.7 Å². The van der Waals surface area contributed by atoms with Crippen LogP contribution in [0, 0.1) is 6.92 Å². The van der Waals surface area contributed by atoms with Crippen molar-refractivity contribution in [3.8, 4) is 0 Å². The molecule has 0 aliphatic carbocycles. The Kier molecular flexibility index (Phi) is 5.09. The molecule has 2 rings (SSSR count). The summed E-state index contributed by atoms with van der Waals surface area (Å²) in [6, 6.07) is 10.4. The van der Waals surface area contributed by atoms with E-state index in [1.807, 2.05) is 29.7 Å². The zero-order valence-electron chi connectivity index (χ0n) is 12.7. The second kappa shape index (κ2) is 7.02. The monoisotopic (exact) mass is 287 g/mol. The van der Waals surface area contributed by atoms with E-state index < -0.39 is 5.97 Å². The van der Waals surface area contributed by atoms with Crippen molar-refractivity contribution in [3.63, 3.8) is 0 Å². The Morgan fingerprint density at radius 1 is 1.29 bits per heavy atom. The number of benzene rings is 1. The zero-order valence-corrected chi connectivity index (χ0v) is 12.7. The first-order chi connectivity index (χ1) is 10.1. The van der Waals surface area contributed by atoms with Crippen LogP contribution in [-0.4, -0.2) is 27.3 Å². The largest absolute Gasteiger partial charge is 0.460 e. The van der Waals surface area contributed by atoms with Crippen molar-refractivity contribution in [2.75, 3.05) is 6.61 Å². The van der Waals surface area contributed by atoms with Crippen LogP contribution < -0.4 is 0 Å². The summed E-state index contributed by atoms with van der Waals surface area (Å²) >= 11 is 0. The van der Waals surface area contributed by atoms with Crippen LogP contribution in [0.4, 0.5) is 0 Å². The Morgan fingerprint density at radius 2 is 2.00 bits per heavy atom. The SMILES string of the molecule is CCOC(=O)c1nnc(C)n1C(C)CCc1ccccc1. The van der Waals surface area contributed by atoms with E-state index >= 15 is 0 Å². The van der Waals surface area contributed by atoms with E-state index in [0.29, 0.717) is 6.61 Å². The minimum absolute atomic E-state index is 0.139. The van der Waals surface area contributed by atoms with Crippen LogP contribution in [-0.2, 0) is 11.2 Å². The summed E-state index contributed by atoms with van der Waals surface area (Å²) in [6.07, 6.45) is 1.86. The topological polar surface area (TPSA) is 57.0 Å². The lowest BCUT2D eigenvalue weighted by atomic mass is 10.1. The van der Waals surface area contributed by atoms with E-state index in [9.17, 15) is 4.79 Å². The van der Waals surface area contributed by atoms with Gasteiger partial charge < -0.3 is 9.30 Å². The standard InChI is InChI=1S/C16H21N3O2/c1-4-21-16(20)15-18-17-13(3)19(15)12(2)10-11-14-8-6-5-7-9-14/h5-9,12H,4,10-11H2,1-3H3. The molecule has 112 valence electrons. The number of rotatable bonds is 6. The van der Waals surface area contributed by atoms with Crippen LogP contribution in [0.2, 0.25) is 0 Å². The molecule has 0 fully saturated rings. The summed E-state index contributed by atoms with van der Waals surface area (Å²) in [7, 11) is 0. The number of hydrogen-bond donors (Lipinski definition) is 0. The first-order valence-corrected chi connectivity index (χ1v) is 7.26. The van der Waals surface area contributed by atoms with Gasteiger partial charge in [0.15, 0.2) is 0 Å². The predicted octanol–water partition coefficient (Wildman–Crippen LogP) is 2.96. The number of carbonyl (C=O) groups excluding carboxylic acids is 1. The summed E-state index contributed by atoms with van der Waals surface area (Å²) in [5.74, 6) is 0.609. The second-order valence-corrected chi connectivity index (χ2v) is 5.03. The molecular weight excluding hydrogens is 266 g/mol. The van der Waals surface area contributed by atoms with Crippen LogP contribution in [0.25, 0.3) is 0 Å². The van der Waals surface area contributed by atoms with Crippen molar-refractivity contribution in [1.82, 2.24) is 14.8 Å². The molecule has 21 heavy (non-hydrogen) atoms. The van der Waals surface area contributed by atoms with Gasteiger partial charge in [0.1, 0.15) is 5.82 Å². The minimum Gasteiger partial charge on any atom is -0.460 e. The molecule has 0 spiro atoms. The summed E-state index contributed by atoms with van der Waals surface area (Å²) in [6.45, 7) is 6.05. The fourth-order valence-corrected chi connectivity index (χ4v) is 2.38. The van der Waals surface area contributed by atoms with E-state index in [-0.39, 0.29) is 11.9 Å². The maximum Gasteiger partial charge on any atom is 0.376 e. The highest BCUT2D eigenvalue weighted by molar-refractivity contribution is 5.85. The highest BCUT2D eigenvalue weighted by Gasteiger charge is 2.21. The Balaban J connectivity index is 2.10. The van der Waals surface area contributed by atoms with Crippen LogP contribution in [0.15, 0.2) is 30.3 Å². The van der Waals surface area contributed by atoms with Gasteiger partial charge in [-0.25, -0.2) is 4.79 Å². The molecule has 0 amide bonds. The second-order valence-electron chi connectivity index (χ2n) is 5.03. The number of hydrogen-bond acceptors (Lipinski definition) is 4. The van der Waals surface area contributed by atoms with Crippen LogP contribution >= 0.6 is 0 Å². The first-order valence-electron chi connectivity index (χ1n) is 7.26. The summed E-state index contributed by atoms with van der Waals surface area (Å²) in [5, 5.41) is 7.96. The molecule has 1 aromatic heterocycles. The summed E-state index contributed by atoms with van der Waals surface area (Å²) in [4.78, 5) is 11.9. The minimum atomic E-state index is -0.412. The number of nitrogens with zero attached hydrogens (tertiary/aromatic N) is 3. The van der Waals surface area contributed by atoms with Crippen LogP contribution in [0.1, 0.15) is 48.3 Å². The number of carbonyl (C=O) groups is 1. The molecule has 0 aliphatic rings. The molecule has 1 heterocycles. The number of aryl methyl sites for hydroxylation is 2. The number of ether oxygens (including phenoxy) is 1. The van der Waals surface area contributed by atoms with Gasteiger partial charge in [0.2, 0.25) is 5.82 Å². The van der Waals surface area contributed by atoms with E-state index in [0.717, 1.165) is 18.7 Å². The molecule has 1 unspecified atom stereocenters. The lowest BCUT2D eigenvalue weighted by Crippen LogP contribution is -2.18. The van der Waals surface area contributed by atoms with E-state index in [4.69, 9.17) is 4.74 Å². The summed E-state index contributed by atoms with van der Waals surface area (Å²) in [5.41, 5.74) is 1.28. The quantitative estimate of drug-likeness (QED) is 0.766. The first kappa shape index (κ1) is 15.2. The van der Waals surface area contributed by atoms with E-state index in [1.54, 1.807) is 6.92 Å².